The summed E-state index contributed by atoms with van der Waals surface area (Å²) in [6, 6.07) is 0. The molecule has 2 heteroatoms. The Kier molecular flexibility index (Phi) is 7.20. The molecule has 0 saturated carbocycles. The lowest BCUT2D eigenvalue weighted by Crippen LogP contribution is -2.40. The summed E-state index contributed by atoms with van der Waals surface area (Å²) in [4.78, 5) is 0. The summed E-state index contributed by atoms with van der Waals surface area (Å²) in [6.07, 6.45) is 4.18. The molecule has 0 bridgehead atoms. The Morgan fingerprint density at radius 1 is 1.21 bits per heavy atom. The number of rotatable bonds is 8. The number of hydrogen-bond acceptors (Lipinski definition) is 2. The Labute approximate surface area is 89.1 Å². The van der Waals surface area contributed by atoms with Gasteiger partial charge in [-0.1, -0.05) is 34.1 Å². The summed E-state index contributed by atoms with van der Waals surface area (Å²) >= 11 is 0. The average molecular weight is 201 g/mol. The van der Waals surface area contributed by atoms with E-state index in [0.717, 1.165) is 31.8 Å². The van der Waals surface area contributed by atoms with Gasteiger partial charge in [0.1, 0.15) is 0 Å². The van der Waals surface area contributed by atoms with Crippen molar-refractivity contribution in [3.8, 4) is 0 Å². The number of nitrogens with one attached hydrogen (secondary N) is 1. The quantitative estimate of drug-likeness (QED) is 0.632. The van der Waals surface area contributed by atoms with Gasteiger partial charge in [0, 0.05) is 6.54 Å². The molecule has 0 aromatic rings. The first-order valence-corrected chi connectivity index (χ1v) is 6.01. The van der Waals surface area contributed by atoms with Crippen LogP contribution in [-0.2, 0) is 0 Å². The van der Waals surface area contributed by atoms with Gasteiger partial charge in [-0.05, 0) is 31.7 Å². The molecule has 0 fully saturated rings. The lowest BCUT2D eigenvalue weighted by atomic mass is 9.97. The maximum atomic E-state index is 10.0. The molecule has 14 heavy (non-hydrogen) atoms. The summed E-state index contributed by atoms with van der Waals surface area (Å²) < 4.78 is 0. The van der Waals surface area contributed by atoms with Crippen LogP contribution in [0.4, 0.5) is 0 Å². The molecule has 0 heterocycles. The molecule has 0 aliphatic heterocycles. The van der Waals surface area contributed by atoms with Crippen LogP contribution in [0.25, 0.3) is 0 Å². The zero-order valence-corrected chi connectivity index (χ0v) is 10.3. The molecule has 2 N–H and O–H groups in total. The molecule has 0 spiro atoms. The van der Waals surface area contributed by atoms with E-state index in [9.17, 15) is 5.11 Å². The molecule has 0 aromatic carbocycles. The second-order valence-electron chi connectivity index (χ2n) is 4.46. The van der Waals surface area contributed by atoms with Crippen LogP contribution in [0.1, 0.15) is 53.4 Å². The van der Waals surface area contributed by atoms with Crippen molar-refractivity contribution in [3.05, 3.63) is 0 Å². The minimum Gasteiger partial charge on any atom is -0.389 e. The smallest absolute Gasteiger partial charge is 0.0766 e. The number of aliphatic hydroxyl groups is 1. The fourth-order valence-electron chi connectivity index (χ4n) is 1.65. The van der Waals surface area contributed by atoms with Gasteiger partial charge >= 0.3 is 0 Å². The molecule has 1 atom stereocenters. The minimum absolute atomic E-state index is 0.494. The lowest BCUT2D eigenvalue weighted by molar-refractivity contribution is 0.0319. The second-order valence-corrected chi connectivity index (χ2v) is 4.46. The van der Waals surface area contributed by atoms with E-state index in [4.69, 9.17) is 0 Å². The predicted molar refractivity (Wildman–Crippen MR) is 62.5 cm³/mol. The SMILES string of the molecule is CCCC(C)CNCC(O)(CC)CC. The van der Waals surface area contributed by atoms with E-state index in [2.05, 4.69) is 19.2 Å². The van der Waals surface area contributed by atoms with Crippen molar-refractivity contribution in [1.82, 2.24) is 5.32 Å². The molecular weight excluding hydrogens is 174 g/mol. The van der Waals surface area contributed by atoms with Crippen LogP contribution in [0, 0.1) is 5.92 Å². The fraction of sp³-hybridized carbons (Fsp3) is 1.00. The molecule has 1 unspecified atom stereocenters. The van der Waals surface area contributed by atoms with Gasteiger partial charge in [-0.2, -0.15) is 0 Å². The Balaban J connectivity index is 3.61. The lowest BCUT2D eigenvalue weighted by Gasteiger charge is -2.26. The highest BCUT2D eigenvalue weighted by Crippen LogP contribution is 2.13. The molecule has 0 saturated heterocycles. The van der Waals surface area contributed by atoms with E-state index in [0.29, 0.717) is 0 Å². The average Bonchev–Trinajstić information content (AvgIpc) is 2.18. The van der Waals surface area contributed by atoms with Gasteiger partial charge in [0.05, 0.1) is 5.60 Å². The van der Waals surface area contributed by atoms with E-state index >= 15 is 0 Å². The summed E-state index contributed by atoms with van der Waals surface area (Å²) in [5, 5.41) is 13.4. The first-order chi connectivity index (χ1) is 6.58. The maximum Gasteiger partial charge on any atom is 0.0766 e. The third-order valence-electron chi connectivity index (χ3n) is 3.04. The molecule has 0 aliphatic rings. The van der Waals surface area contributed by atoms with Crippen LogP contribution in [0.5, 0.6) is 0 Å². The standard InChI is InChI=1S/C12H27NO/c1-5-8-11(4)9-13-10-12(14,6-2)7-3/h11,13-14H,5-10H2,1-4H3. The maximum absolute atomic E-state index is 10.0. The fourth-order valence-corrected chi connectivity index (χ4v) is 1.65. The van der Waals surface area contributed by atoms with Crippen LogP contribution < -0.4 is 5.32 Å². The van der Waals surface area contributed by atoms with Crippen molar-refractivity contribution in [2.24, 2.45) is 5.92 Å². The Morgan fingerprint density at radius 2 is 1.79 bits per heavy atom. The van der Waals surface area contributed by atoms with Gasteiger partial charge in [0.15, 0.2) is 0 Å². The van der Waals surface area contributed by atoms with E-state index in [1.165, 1.54) is 12.8 Å². The van der Waals surface area contributed by atoms with Crippen LogP contribution >= 0.6 is 0 Å². The molecule has 0 aromatic heterocycles. The molecule has 0 amide bonds. The minimum atomic E-state index is -0.494. The van der Waals surface area contributed by atoms with Gasteiger partial charge in [0.2, 0.25) is 0 Å². The highest BCUT2D eigenvalue weighted by atomic mass is 16.3. The Morgan fingerprint density at radius 3 is 2.21 bits per heavy atom. The normalized spacial score (nSPS) is 14.4. The third-order valence-corrected chi connectivity index (χ3v) is 3.04. The monoisotopic (exact) mass is 201 g/mol. The van der Waals surface area contributed by atoms with Crippen molar-refractivity contribution in [2.45, 2.75) is 59.0 Å². The molecule has 0 rings (SSSR count). The van der Waals surface area contributed by atoms with E-state index in [1.54, 1.807) is 0 Å². The van der Waals surface area contributed by atoms with Crippen LogP contribution in [0.3, 0.4) is 0 Å². The molecule has 0 radical (unpaired) electrons. The Bertz CT molecular complexity index is 132. The zero-order valence-electron chi connectivity index (χ0n) is 10.3. The highest BCUT2D eigenvalue weighted by molar-refractivity contribution is 4.77. The molecule has 2 nitrogen and oxygen atoms in total. The second kappa shape index (κ2) is 7.24. The van der Waals surface area contributed by atoms with Crippen molar-refractivity contribution >= 4 is 0 Å². The van der Waals surface area contributed by atoms with Crippen molar-refractivity contribution in [3.63, 3.8) is 0 Å². The van der Waals surface area contributed by atoms with Gasteiger partial charge in [-0.25, -0.2) is 0 Å². The predicted octanol–water partition coefficient (Wildman–Crippen LogP) is 2.56. The van der Waals surface area contributed by atoms with Gasteiger partial charge in [0.25, 0.3) is 0 Å². The van der Waals surface area contributed by atoms with E-state index in [-0.39, 0.29) is 0 Å². The Hall–Kier alpha value is -0.0800. The molecule has 0 aliphatic carbocycles. The van der Waals surface area contributed by atoms with E-state index < -0.39 is 5.60 Å². The first-order valence-electron chi connectivity index (χ1n) is 6.01. The summed E-state index contributed by atoms with van der Waals surface area (Å²) in [5.41, 5.74) is -0.494. The third kappa shape index (κ3) is 5.61. The van der Waals surface area contributed by atoms with Crippen molar-refractivity contribution < 1.29 is 5.11 Å². The van der Waals surface area contributed by atoms with Crippen molar-refractivity contribution in [2.75, 3.05) is 13.1 Å². The summed E-state index contributed by atoms with van der Waals surface area (Å²) in [7, 11) is 0. The van der Waals surface area contributed by atoms with Gasteiger partial charge in [-0.3, -0.25) is 0 Å². The van der Waals surface area contributed by atoms with Gasteiger partial charge in [-0.15, -0.1) is 0 Å². The number of hydrogen-bond donors (Lipinski definition) is 2. The topological polar surface area (TPSA) is 32.3 Å². The van der Waals surface area contributed by atoms with Crippen LogP contribution in [0.15, 0.2) is 0 Å². The van der Waals surface area contributed by atoms with Crippen LogP contribution in [0.2, 0.25) is 0 Å². The summed E-state index contributed by atoms with van der Waals surface area (Å²) in [6.45, 7) is 10.3. The van der Waals surface area contributed by atoms with Gasteiger partial charge < -0.3 is 10.4 Å². The molecule has 86 valence electrons. The first kappa shape index (κ1) is 13.9. The molecular formula is C12H27NO. The zero-order chi connectivity index (χ0) is 11.0. The van der Waals surface area contributed by atoms with E-state index in [1.807, 2.05) is 13.8 Å². The summed E-state index contributed by atoms with van der Waals surface area (Å²) in [5.74, 6) is 0.720. The highest BCUT2D eigenvalue weighted by Gasteiger charge is 2.21. The van der Waals surface area contributed by atoms with Crippen molar-refractivity contribution in [1.29, 1.82) is 0 Å². The largest absolute Gasteiger partial charge is 0.389 e. The van der Waals surface area contributed by atoms with Crippen LogP contribution in [-0.4, -0.2) is 23.8 Å².